The molecule has 0 fully saturated rings. The first-order valence-corrected chi connectivity index (χ1v) is 12.4. The highest BCUT2D eigenvalue weighted by Gasteiger charge is 2.20. The Morgan fingerprint density at radius 2 is 1.64 bits per heavy atom. The lowest BCUT2D eigenvalue weighted by Crippen LogP contribution is -2.41. The monoisotopic (exact) mass is 598 g/mol. The first-order valence-electron chi connectivity index (χ1n) is 10.1. The van der Waals surface area contributed by atoms with Gasteiger partial charge in [0.1, 0.15) is 5.01 Å². The van der Waals surface area contributed by atoms with E-state index in [-0.39, 0.29) is 38.9 Å². The molecule has 0 unspecified atom stereocenters. The van der Waals surface area contributed by atoms with Gasteiger partial charge in [-0.3, -0.25) is 30.3 Å². The number of hydrogen-bond donors (Lipinski definition) is 4. The summed E-state index contributed by atoms with van der Waals surface area (Å²) in [5, 5.41) is 34.6. The second-order valence-corrected chi connectivity index (χ2v) is 9.93. The molecule has 1 heterocycles. The van der Waals surface area contributed by atoms with Crippen LogP contribution in [0.2, 0.25) is 0 Å². The number of sulfonamides is 1. The molecule has 1 aromatic heterocycles. The summed E-state index contributed by atoms with van der Waals surface area (Å²) < 4.78 is 28.6. The van der Waals surface area contributed by atoms with E-state index in [1.807, 2.05) is 0 Å². The van der Waals surface area contributed by atoms with Crippen molar-refractivity contribution in [2.24, 2.45) is 20.9 Å². The van der Waals surface area contributed by atoms with E-state index in [1.165, 1.54) is 25.1 Å². The number of nitro groups is 2. The van der Waals surface area contributed by atoms with E-state index in [0.717, 1.165) is 29.5 Å². The number of amides is 1. The number of benzene rings is 2. The van der Waals surface area contributed by atoms with Crippen LogP contribution in [0.4, 0.5) is 22.2 Å². The summed E-state index contributed by atoms with van der Waals surface area (Å²) in [5.41, 5.74) is 11.3. The van der Waals surface area contributed by atoms with Crippen LogP contribution in [-0.2, 0) is 14.8 Å². The van der Waals surface area contributed by atoms with Crippen LogP contribution in [-0.4, -0.2) is 46.3 Å². The number of nitro benzene ring substituents is 2. The number of nitrogens with one attached hydrogen (secondary N) is 2. The van der Waals surface area contributed by atoms with Crippen molar-refractivity contribution in [3.63, 3.8) is 0 Å². The number of halogens is 1. The maximum atomic E-state index is 12.6. The third kappa shape index (κ3) is 7.87. The summed E-state index contributed by atoms with van der Waals surface area (Å²) in [6, 6.07) is 6.92. The lowest BCUT2D eigenvalue weighted by Gasteiger charge is -2.08. The van der Waals surface area contributed by atoms with Gasteiger partial charge >= 0.3 is 0 Å². The van der Waals surface area contributed by atoms with Crippen molar-refractivity contribution < 1.29 is 23.1 Å². The van der Waals surface area contributed by atoms with Crippen LogP contribution in [0, 0.1) is 27.2 Å². The number of non-ortho nitro benzene ring substituents is 2. The number of rotatable bonds is 7. The fraction of sp³-hybridized carbons (Fsp3) is 0.105. The molecule has 6 N–H and O–H groups in total. The highest BCUT2D eigenvalue weighted by molar-refractivity contribution is 7.90. The Bertz CT molecular complexity index is 1590. The van der Waals surface area contributed by atoms with Crippen LogP contribution < -0.4 is 22.1 Å². The van der Waals surface area contributed by atoms with Crippen molar-refractivity contribution in [3.8, 4) is 10.6 Å². The van der Waals surface area contributed by atoms with Gasteiger partial charge in [0, 0.05) is 30.3 Å². The van der Waals surface area contributed by atoms with Gasteiger partial charge in [-0.15, -0.1) is 27.0 Å². The quantitative estimate of drug-likeness (QED) is 0.131. The van der Waals surface area contributed by atoms with Gasteiger partial charge in [0.25, 0.3) is 21.4 Å². The van der Waals surface area contributed by atoms with E-state index in [9.17, 15) is 33.4 Å². The summed E-state index contributed by atoms with van der Waals surface area (Å²) in [5.74, 6) is -1.35. The standard InChI is InChI=1S/C19H18N10O7S2.ClH/c1-9-5-14(3-4-15(9)22-10(2)30)38(35,36)27-18(21)23-17(20)24-19-26-25-16(37-19)11-6-12(28(31)32)8-13(7-11)29(33)34;/h3-8H,1-2H3,(H,22,30)(H5,20,21,23,24,26,27);1H. The number of guanidine groups is 2. The van der Waals surface area contributed by atoms with Crippen molar-refractivity contribution in [2.75, 3.05) is 5.32 Å². The predicted octanol–water partition coefficient (Wildman–Crippen LogP) is 1.95. The molecule has 0 aliphatic carbocycles. The first kappa shape index (κ1) is 30.5. The Hall–Kier alpha value is -4.75. The van der Waals surface area contributed by atoms with Crippen LogP contribution in [0.5, 0.6) is 0 Å². The van der Waals surface area contributed by atoms with Gasteiger partial charge in [0.05, 0.1) is 20.8 Å². The number of carbonyl (C=O) groups is 1. The molecule has 3 rings (SSSR count). The summed E-state index contributed by atoms with van der Waals surface area (Å²) in [6.07, 6.45) is 0. The SMILES string of the molecule is CC(=O)Nc1ccc(S(=O)(=O)/N=C(\N)N/C(N)=N/c2nnc(-c3cc([N+](=O)[O-])cc([N+](=O)[O-])c3)s2)cc1C.Cl. The molecular weight excluding hydrogens is 580 g/mol. The second kappa shape index (κ2) is 12.2. The molecular formula is C19H19ClN10O7S2. The van der Waals surface area contributed by atoms with Crippen LogP contribution in [0.25, 0.3) is 10.6 Å². The number of aliphatic imine (C=N–C) groups is 1. The minimum atomic E-state index is -4.26. The summed E-state index contributed by atoms with van der Waals surface area (Å²) in [6.45, 7) is 2.91. The number of hydrogen-bond acceptors (Lipinski definition) is 11. The molecule has 0 radical (unpaired) electrons. The fourth-order valence-electron chi connectivity index (χ4n) is 2.90. The predicted molar refractivity (Wildman–Crippen MR) is 145 cm³/mol. The second-order valence-electron chi connectivity index (χ2n) is 7.37. The lowest BCUT2D eigenvalue weighted by atomic mass is 10.2. The number of aromatic nitrogens is 2. The van der Waals surface area contributed by atoms with Crippen molar-refractivity contribution in [2.45, 2.75) is 18.7 Å². The number of carbonyl (C=O) groups excluding carboxylic acids is 1. The van der Waals surface area contributed by atoms with E-state index >= 15 is 0 Å². The van der Waals surface area contributed by atoms with E-state index < -0.39 is 43.2 Å². The van der Waals surface area contributed by atoms with Crippen LogP contribution >= 0.6 is 23.7 Å². The van der Waals surface area contributed by atoms with E-state index in [1.54, 1.807) is 6.92 Å². The molecule has 0 bridgehead atoms. The van der Waals surface area contributed by atoms with Crippen LogP contribution in [0.1, 0.15) is 12.5 Å². The lowest BCUT2D eigenvalue weighted by molar-refractivity contribution is -0.394. The molecule has 2 aromatic carbocycles. The molecule has 1 amide bonds. The van der Waals surface area contributed by atoms with Crippen LogP contribution in [0.15, 0.2) is 50.7 Å². The van der Waals surface area contributed by atoms with Gasteiger partial charge < -0.3 is 16.8 Å². The van der Waals surface area contributed by atoms with Crippen molar-refractivity contribution >= 4 is 73.8 Å². The fourth-order valence-corrected chi connectivity index (χ4v) is 4.59. The molecule has 17 nitrogen and oxygen atoms in total. The zero-order valence-corrected chi connectivity index (χ0v) is 22.3. The number of nitrogens with two attached hydrogens (primary N) is 2. The maximum Gasteiger partial charge on any atom is 0.285 e. The third-order valence-corrected chi connectivity index (χ3v) is 6.64. The molecule has 0 aliphatic rings. The summed E-state index contributed by atoms with van der Waals surface area (Å²) in [4.78, 5) is 35.5. The molecule has 0 saturated carbocycles. The molecule has 0 saturated heterocycles. The minimum Gasteiger partial charge on any atom is -0.369 e. The van der Waals surface area contributed by atoms with Crippen molar-refractivity contribution in [1.29, 1.82) is 0 Å². The summed E-state index contributed by atoms with van der Waals surface area (Å²) in [7, 11) is -4.26. The van der Waals surface area contributed by atoms with Gasteiger partial charge in [-0.25, -0.2) is 0 Å². The van der Waals surface area contributed by atoms with E-state index in [0.29, 0.717) is 11.3 Å². The Balaban J connectivity index is 0.00000533. The van der Waals surface area contributed by atoms with E-state index in [2.05, 4.69) is 30.2 Å². The first-order chi connectivity index (χ1) is 17.7. The molecule has 0 spiro atoms. The van der Waals surface area contributed by atoms with Gasteiger partial charge in [-0.1, -0.05) is 11.3 Å². The van der Waals surface area contributed by atoms with Gasteiger partial charge in [0.15, 0.2) is 0 Å². The normalized spacial score (nSPS) is 11.8. The van der Waals surface area contributed by atoms with Gasteiger partial charge in [-0.2, -0.15) is 13.4 Å². The van der Waals surface area contributed by atoms with Crippen LogP contribution in [0.3, 0.4) is 0 Å². The highest BCUT2D eigenvalue weighted by atomic mass is 35.5. The zero-order chi connectivity index (χ0) is 28.2. The Morgan fingerprint density at radius 1 is 1.03 bits per heavy atom. The van der Waals surface area contributed by atoms with Crippen molar-refractivity contribution in [1.82, 2.24) is 15.5 Å². The molecule has 20 heteroatoms. The molecule has 0 atom stereocenters. The Morgan fingerprint density at radius 3 is 2.18 bits per heavy atom. The number of aryl methyl sites for hydroxylation is 1. The number of nitrogens with zero attached hydrogens (tertiary/aromatic N) is 6. The minimum absolute atomic E-state index is 0. The largest absolute Gasteiger partial charge is 0.369 e. The van der Waals surface area contributed by atoms with E-state index in [4.69, 9.17) is 11.5 Å². The topological polar surface area (TPSA) is 264 Å². The molecule has 0 aliphatic heterocycles. The highest BCUT2D eigenvalue weighted by Crippen LogP contribution is 2.33. The number of anilines is 1. The molecule has 3 aromatic rings. The van der Waals surface area contributed by atoms with Crippen molar-refractivity contribution in [3.05, 3.63) is 62.2 Å². The van der Waals surface area contributed by atoms with Gasteiger partial charge in [0.2, 0.25) is 23.0 Å². The Kier molecular flexibility index (Phi) is 9.53. The molecule has 206 valence electrons. The smallest absolute Gasteiger partial charge is 0.285 e. The average molecular weight is 599 g/mol. The van der Waals surface area contributed by atoms with Gasteiger partial charge in [-0.05, 0) is 30.7 Å². The maximum absolute atomic E-state index is 12.6. The zero-order valence-electron chi connectivity index (χ0n) is 19.9. The summed E-state index contributed by atoms with van der Waals surface area (Å²) >= 11 is 0.796. The Labute approximate surface area is 229 Å². The third-order valence-electron chi connectivity index (χ3n) is 4.48. The molecule has 39 heavy (non-hydrogen) atoms. The average Bonchev–Trinajstić information content (AvgIpc) is 3.27.